The minimum absolute atomic E-state index is 0.123. The molecular weight excluding hydrogens is 376 g/mol. The number of nitrogens with zero attached hydrogens (tertiary/aromatic N) is 1. The van der Waals surface area contributed by atoms with Gasteiger partial charge in [-0.15, -0.1) is 0 Å². The van der Waals surface area contributed by atoms with Gasteiger partial charge in [-0.1, -0.05) is 72.8 Å². The van der Waals surface area contributed by atoms with Gasteiger partial charge in [0, 0.05) is 18.5 Å². The van der Waals surface area contributed by atoms with E-state index in [9.17, 15) is 9.59 Å². The Labute approximate surface area is 176 Å². The number of carbonyl (C=O) groups is 2. The molecule has 1 atom stereocenters. The van der Waals surface area contributed by atoms with Crippen LogP contribution in [0.2, 0.25) is 0 Å². The minimum atomic E-state index is -1.25. The largest absolute Gasteiger partial charge is 0.367 e. The minimum Gasteiger partial charge on any atom is -0.367 e. The van der Waals surface area contributed by atoms with E-state index < -0.39 is 11.5 Å². The number of amides is 2. The number of ether oxygens (including phenoxy) is 1. The van der Waals surface area contributed by atoms with Crippen LogP contribution in [0.3, 0.4) is 0 Å². The summed E-state index contributed by atoms with van der Waals surface area (Å²) < 4.78 is 5.92. The molecule has 4 rings (SSSR count). The molecule has 30 heavy (non-hydrogen) atoms. The van der Waals surface area contributed by atoms with Crippen molar-refractivity contribution in [3.63, 3.8) is 0 Å². The van der Waals surface area contributed by atoms with Crippen LogP contribution in [0.4, 0.5) is 0 Å². The molecule has 152 valence electrons. The topological polar surface area (TPSA) is 72.6 Å². The summed E-state index contributed by atoms with van der Waals surface area (Å²) in [5.74, 6) is -0.680. The molecule has 3 aromatic rings. The van der Waals surface area contributed by atoms with Crippen LogP contribution in [0.15, 0.2) is 84.9 Å². The lowest BCUT2D eigenvalue weighted by molar-refractivity contribution is -0.153. The highest BCUT2D eigenvalue weighted by atomic mass is 16.5. The van der Waals surface area contributed by atoms with Crippen LogP contribution in [0.5, 0.6) is 0 Å². The Balaban J connectivity index is 1.59. The summed E-state index contributed by atoms with van der Waals surface area (Å²) in [5, 5.41) is 0. The van der Waals surface area contributed by atoms with Crippen molar-refractivity contribution in [2.45, 2.75) is 12.0 Å². The van der Waals surface area contributed by atoms with Crippen molar-refractivity contribution in [3.8, 4) is 11.1 Å². The van der Waals surface area contributed by atoms with Gasteiger partial charge in [0.25, 0.3) is 11.8 Å². The van der Waals surface area contributed by atoms with Gasteiger partial charge >= 0.3 is 0 Å². The first kappa shape index (κ1) is 19.9. The van der Waals surface area contributed by atoms with Crippen LogP contribution >= 0.6 is 0 Å². The van der Waals surface area contributed by atoms with Crippen molar-refractivity contribution in [2.24, 2.45) is 5.73 Å². The number of carbonyl (C=O) groups excluding carboxylic acids is 2. The van der Waals surface area contributed by atoms with Crippen molar-refractivity contribution < 1.29 is 14.3 Å². The molecule has 2 N–H and O–H groups in total. The van der Waals surface area contributed by atoms with Gasteiger partial charge in [0.2, 0.25) is 0 Å². The standard InChI is InChI=1S/C25H24N2O3/c26-24(29)25(17-19-8-7-13-22(16-19)20-9-3-1-4-10-20)18-27(14-15-30-25)23(28)21-11-5-2-6-12-21/h1-13,16H,14-15,17-18H2,(H2,26,29). The highest BCUT2D eigenvalue weighted by Crippen LogP contribution is 2.27. The van der Waals surface area contributed by atoms with Crippen LogP contribution in [0.25, 0.3) is 11.1 Å². The predicted octanol–water partition coefficient (Wildman–Crippen LogP) is 3.29. The Bertz CT molecular complexity index is 1040. The van der Waals surface area contributed by atoms with E-state index in [0.29, 0.717) is 18.5 Å². The van der Waals surface area contributed by atoms with Crippen molar-refractivity contribution in [2.75, 3.05) is 19.7 Å². The Morgan fingerprint density at radius 3 is 2.27 bits per heavy atom. The predicted molar refractivity (Wildman–Crippen MR) is 116 cm³/mol. The van der Waals surface area contributed by atoms with Gasteiger partial charge in [0.15, 0.2) is 5.60 Å². The molecule has 5 nitrogen and oxygen atoms in total. The quantitative estimate of drug-likeness (QED) is 0.714. The van der Waals surface area contributed by atoms with E-state index in [1.54, 1.807) is 17.0 Å². The number of primary amides is 1. The molecule has 0 aliphatic carbocycles. The van der Waals surface area contributed by atoms with E-state index >= 15 is 0 Å². The lowest BCUT2D eigenvalue weighted by Crippen LogP contribution is -2.61. The molecule has 0 radical (unpaired) electrons. The molecule has 3 aromatic carbocycles. The van der Waals surface area contributed by atoms with Gasteiger partial charge in [0.1, 0.15) is 0 Å². The monoisotopic (exact) mass is 400 g/mol. The Kier molecular flexibility index (Phi) is 5.63. The molecule has 1 unspecified atom stereocenters. The van der Waals surface area contributed by atoms with Gasteiger partial charge < -0.3 is 15.4 Å². The van der Waals surface area contributed by atoms with E-state index in [1.165, 1.54) is 0 Å². The third-order valence-corrected chi connectivity index (χ3v) is 5.47. The highest BCUT2D eigenvalue weighted by Gasteiger charge is 2.44. The maximum atomic E-state index is 12.9. The van der Waals surface area contributed by atoms with Crippen LogP contribution in [-0.4, -0.2) is 42.0 Å². The van der Waals surface area contributed by atoms with Crippen LogP contribution in [0.1, 0.15) is 15.9 Å². The second kappa shape index (κ2) is 8.51. The van der Waals surface area contributed by atoms with Gasteiger partial charge in [0.05, 0.1) is 13.2 Å². The van der Waals surface area contributed by atoms with E-state index in [4.69, 9.17) is 10.5 Å². The van der Waals surface area contributed by atoms with Crippen molar-refractivity contribution in [3.05, 3.63) is 96.1 Å². The molecule has 0 saturated carbocycles. The molecule has 0 aromatic heterocycles. The molecule has 5 heteroatoms. The smallest absolute Gasteiger partial charge is 0.254 e. The van der Waals surface area contributed by atoms with Crippen molar-refractivity contribution >= 4 is 11.8 Å². The molecule has 1 aliphatic heterocycles. The molecule has 1 heterocycles. The first-order chi connectivity index (χ1) is 14.6. The van der Waals surface area contributed by atoms with Crippen LogP contribution in [-0.2, 0) is 16.0 Å². The number of nitrogens with two attached hydrogens (primary N) is 1. The average molecular weight is 400 g/mol. The number of benzene rings is 3. The lowest BCUT2D eigenvalue weighted by Gasteiger charge is -2.40. The second-order valence-corrected chi connectivity index (χ2v) is 7.54. The molecule has 2 amide bonds. The number of rotatable bonds is 5. The van der Waals surface area contributed by atoms with Gasteiger partial charge in [-0.3, -0.25) is 9.59 Å². The van der Waals surface area contributed by atoms with E-state index in [1.807, 2.05) is 72.8 Å². The summed E-state index contributed by atoms with van der Waals surface area (Å²) in [6, 6.07) is 27.1. The fourth-order valence-corrected chi connectivity index (χ4v) is 3.89. The van der Waals surface area contributed by atoms with Crippen LogP contribution in [0, 0.1) is 0 Å². The molecule has 1 saturated heterocycles. The Morgan fingerprint density at radius 2 is 1.57 bits per heavy atom. The van der Waals surface area contributed by atoms with Crippen molar-refractivity contribution in [1.29, 1.82) is 0 Å². The molecular formula is C25H24N2O3. The SMILES string of the molecule is NC(=O)C1(Cc2cccc(-c3ccccc3)c2)CN(C(=O)c2ccccc2)CCO1. The van der Waals surface area contributed by atoms with E-state index in [2.05, 4.69) is 0 Å². The summed E-state index contributed by atoms with van der Waals surface area (Å²) in [5.41, 5.74) is 8.22. The zero-order valence-electron chi connectivity index (χ0n) is 16.7. The molecule has 1 aliphatic rings. The summed E-state index contributed by atoms with van der Waals surface area (Å²) in [6.07, 6.45) is 0.307. The number of morpholine rings is 1. The Hall–Kier alpha value is -3.44. The maximum absolute atomic E-state index is 12.9. The maximum Gasteiger partial charge on any atom is 0.254 e. The average Bonchev–Trinajstić information content (AvgIpc) is 2.80. The molecule has 1 fully saturated rings. The molecule has 0 bridgehead atoms. The summed E-state index contributed by atoms with van der Waals surface area (Å²) >= 11 is 0. The third kappa shape index (κ3) is 4.11. The van der Waals surface area contributed by atoms with Gasteiger partial charge in [-0.25, -0.2) is 0 Å². The normalized spacial score (nSPS) is 18.7. The fraction of sp³-hybridized carbons (Fsp3) is 0.200. The number of hydrogen-bond donors (Lipinski definition) is 1. The Morgan fingerprint density at radius 1 is 0.900 bits per heavy atom. The highest BCUT2D eigenvalue weighted by molar-refractivity contribution is 5.95. The summed E-state index contributed by atoms with van der Waals surface area (Å²) in [4.78, 5) is 27.1. The van der Waals surface area contributed by atoms with E-state index in [0.717, 1.165) is 16.7 Å². The lowest BCUT2D eigenvalue weighted by atomic mass is 9.90. The third-order valence-electron chi connectivity index (χ3n) is 5.47. The van der Waals surface area contributed by atoms with Gasteiger partial charge in [-0.05, 0) is 28.8 Å². The number of hydrogen-bond acceptors (Lipinski definition) is 3. The van der Waals surface area contributed by atoms with Crippen LogP contribution < -0.4 is 5.73 Å². The molecule has 0 spiro atoms. The first-order valence-corrected chi connectivity index (χ1v) is 10.00. The van der Waals surface area contributed by atoms with Crippen molar-refractivity contribution in [1.82, 2.24) is 4.90 Å². The van der Waals surface area contributed by atoms with E-state index in [-0.39, 0.29) is 19.1 Å². The summed E-state index contributed by atoms with van der Waals surface area (Å²) in [6.45, 7) is 0.818. The second-order valence-electron chi connectivity index (χ2n) is 7.54. The summed E-state index contributed by atoms with van der Waals surface area (Å²) in [7, 11) is 0. The zero-order valence-corrected chi connectivity index (χ0v) is 16.7. The van der Waals surface area contributed by atoms with Gasteiger partial charge in [-0.2, -0.15) is 0 Å². The first-order valence-electron chi connectivity index (χ1n) is 10.00. The fourth-order valence-electron chi connectivity index (χ4n) is 3.89. The zero-order chi connectivity index (χ0) is 21.0.